The van der Waals surface area contributed by atoms with Crippen LogP contribution in [0.25, 0.3) is 0 Å². The molecule has 0 radical (unpaired) electrons. The van der Waals surface area contributed by atoms with Gasteiger partial charge in [0.2, 0.25) is 0 Å². The van der Waals surface area contributed by atoms with E-state index in [1.54, 1.807) is 31.2 Å². The Balaban J connectivity index is 1.80. The van der Waals surface area contributed by atoms with Crippen molar-refractivity contribution in [2.75, 3.05) is 20.2 Å². The van der Waals surface area contributed by atoms with Crippen molar-refractivity contribution in [1.29, 1.82) is 0 Å². The Labute approximate surface area is 166 Å². The molecule has 0 aliphatic carbocycles. The second kappa shape index (κ2) is 10.3. The summed E-state index contributed by atoms with van der Waals surface area (Å²) in [4.78, 5) is 24.5. The molecule has 0 saturated carbocycles. The van der Waals surface area contributed by atoms with E-state index in [0.717, 1.165) is 5.56 Å². The molecule has 2 aromatic carbocycles. The van der Waals surface area contributed by atoms with Gasteiger partial charge >= 0.3 is 0 Å². The summed E-state index contributed by atoms with van der Waals surface area (Å²) >= 11 is 0. The van der Waals surface area contributed by atoms with Crippen molar-refractivity contribution in [2.45, 2.75) is 32.8 Å². The zero-order valence-electron chi connectivity index (χ0n) is 16.8. The molecule has 0 aliphatic rings. The highest BCUT2D eigenvalue weighted by Gasteiger charge is 2.17. The van der Waals surface area contributed by atoms with Gasteiger partial charge in [0, 0.05) is 13.1 Å². The average molecular weight is 384 g/mol. The first kappa shape index (κ1) is 21.3. The van der Waals surface area contributed by atoms with E-state index in [1.807, 2.05) is 24.3 Å². The van der Waals surface area contributed by atoms with Crippen LogP contribution in [0.1, 0.15) is 42.6 Å². The number of benzene rings is 2. The number of para-hydroxylation sites is 2. The third-order valence-corrected chi connectivity index (χ3v) is 4.28. The molecule has 0 spiro atoms. The summed E-state index contributed by atoms with van der Waals surface area (Å²) in [5.74, 6) is 1.04. The maximum atomic E-state index is 12.3. The van der Waals surface area contributed by atoms with Crippen molar-refractivity contribution in [3.8, 4) is 11.5 Å². The summed E-state index contributed by atoms with van der Waals surface area (Å²) < 4.78 is 11.0. The van der Waals surface area contributed by atoms with Gasteiger partial charge in [-0.2, -0.15) is 0 Å². The summed E-state index contributed by atoms with van der Waals surface area (Å²) in [7, 11) is 1.52. The summed E-state index contributed by atoms with van der Waals surface area (Å²) in [6, 6.07) is 14.7. The number of carbonyl (C=O) groups excluding carboxylic acids is 2. The van der Waals surface area contributed by atoms with E-state index < -0.39 is 6.10 Å². The van der Waals surface area contributed by atoms with Crippen molar-refractivity contribution < 1.29 is 19.1 Å². The standard InChI is InChI=1S/C22H28N2O4/c1-15(2)17-9-5-8-12-20(17)28-16(3)21(25)23-13-14-24-22(26)18-10-6-7-11-19(18)27-4/h5-12,15-16H,13-14H2,1-4H3,(H,23,25)(H,24,26). The number of hydrogen-bond donors (Lipinski definition) is 2. The Kier molecular flexibility index (Phi) is 7.87. The van der Waals surface area contributed by atoms with Gasteiger partial charge in [0.05, 0.1) is 12.7 Å². The molecule has 0 heterocycles. The van der Waals surface area contributed by atoms with E-state index in [1.165, 1.54) is 7.11 Å². The molecule has 2 rings (SSSR count). The molecule has 150 valence electrons. The van der Waals surface area contributed by atoms with Gasteiger partial charge in [0.1, 0.15) is 11.5 Å². The molecule has 0 bridgehead atoms. The third-order valence-electron chi connectivity index (χ3n) is 4.28. The zero-order valence-corrected chi connectivity index (χ0v) is 16.8. The lowest BCUT2D eigenvalue weighted by molar-refractivity contribution is -0.127. The fourth-order valence-electron chi connectivity index (χ4n) is 2.74. The van der Waals surface area contributed by atoms with E-state index >= 15 is 0 Å². The zero-order chi connectivity index (χ0) is 20.5. The topological polar surface area (TPSA) is 76.7 Å². The van der Waals surface area contributed by atoms with Crippen molar-refractivity contribution >= 4 is 11.8 Å². The van der Waals surface area contributed by atoms with Crippen LogP contribution in [-0.4, -0.2) is 38.1 Å². The molecule has 2 amide bonds. The van der Waals surface area contributed by atoms with E-state index in [-0.39, 0.29) is 11.8 Å². The largest absolute Gasteiger partial charge is 0.496 e. The van der Waals surface area contributed by atoms with E-state index in [2.05, 4.69) is 24.5 Å². The predicted molar refractivity (Wildman–Crippen MR) is 109 cm³/mol. The first-order valence-corrected chi connectivity index (χ1v) is 9.38. The number of amides is 2. The molecular weight excluding hydrogens is 356 g/mol. The van der Waals surface area contributed by atoms with Crippen molar-refractivity contribution in [1.82, 2.24) is 10.6 Å². The number of methoxy groups -OCH3 is 1. The van der Waals surface area contributed by atoms with Gasteiger partial charge < -0.3 is 20.1 Å². The van der Waals surface area contributed by atoms with Gasteiger partial charge in [-0.1, -0.05) is 44.2 Å². The maximum absolute atomic E-state index is 12.3. The Bertz CT molecular complexity index is 805. The summed E-state index contributed by atoms with van der Waals surface area (Å²) in [6.45, 7) is 6.48. The Morgan fingerprint density at radius 2 is 1.50 bits per heavy atom. The molecule has 2 aromatic rings. The molecule has 0 fully saturated rings. The van der Waals surface area contributed by atoms with Gasteiger partial charge in [-0.15, -0.1) is 0 Å². The van der Waals surface area contributed by atoms with Crippen LogP contribution >= 0.6 is 0 Å². The number of nitrogens with one attached hydrogen (secondary N) is 2. The van der Waals surface area contributed by atoms with Crippen LogP contribution in [-0.2, 0) is 4.79 Å². The molecule has 6 heteroatoms. The van der Waals surface area contributed by atoms with Crippen LogP contribution in [0.5, 0.6) is 11.5 Å². The van der Waals surface area contributed by atoms with Crippen LogP contribution in [0.4, 0.5) is 0 Å². The van der Waals surface area contributed by atoms with E-state index in [9.17, 15) is 9.59 Å². The summed E-state index contributed by atoms with van der Waals surface area (Å²) in [5.41, 5.74) is 1.52. The van der Waals surface area contributed by atoms with E-state index in [4.69, 9.17) is 9.47 Å². The highest BCUT2D eigenvalue weighted by atomic mass is 16.5. The maximum Gasteiger partial charge on any atom is 0.260 e. The quantitative estimate of drug-likeness (QED) is 0.651. The van der Waals surface area contributed by atoms with Crippen LogP contribution in [0, 0.1) is 0 Å². The minimum Gasteiger partial charge on any atom is -0.496 e. The van der Waals surface area contributed by atoms with Gasteiger partial charge in [-0.25, -0.2) is 0 Å². The van der Waals surface area contributed by atoms with Gasteiger partial charge in [-0.3, -0.25) is 9.59 Å². The molecule has 0 aromatic heterocycles. The van der Waals surface area contributed by atoms with Crippen LogP contribution < -0.4 is 20.1 Å². The monoisotopic (exact) mass is 384 g/mol. The van der Waals surface area contributed by atoms with Crippen LogP contribution in [0.2, 0.25) is 0 Å². The Morgan fingerprint density at radius 1 is 0.893 bits per heavy atom. The van der Waals surface area contributed by atoms with E-state index in [0.29, 0.717) is 36.1 Å². The Morgan fingerprint density at radius 3 is 2.18 bits per heavy atom. The first-order valence-electron chi connectivity index (χ1n) is 9.38. The number of hydrogen-bond acceptors (Lipinski definition) is 4. The minimum atomic E-state index is -0.634. The Hall–Kier alpha value is -3.02. The lowest BCUT2D eigenvalue weighted by Gasteiger charge is -2.18. The lowest BCUT2D eigenvalue weighted by Crippen LogP contribution is -2.40. The average Bonchev–Trinajstić information content (AvgIpc) is 2.70. The van der Waals surface area contributed by atoms with Gasteiger partial charge in [0.25, 0.3) is 11.8 Å². The van der Waals surface area contributed by atoms with Crippen molar-refractivity contribution in [3.05, 3.63) is 59.7 Å². The molecule has 2 N–H and O–H groups in total. The smallest absolute Gasteiger partial charge is 0.260 e. The number of rotatable bonds is 9. The molecule has 0 saturated heterocycles. The van der Waals surface area contributed by atoms with Crippen molar-refractivity contribution in [3.63, 3.8) is 0 Å². The van der Waals surface area contributed by atoms with Gasteiger partial charge in [0.15, 0.2) is 6.10 Å². The highest BCUT2D eigenvalue weighted by Crippen LogP contribution is 2.26. The SMILES string of the molecule is COc1ccccc1C(=O)NCCNC(=O)C(C)Oc1ccccc1C(C)C. The second-order valence-electron chi connectivity index (χ2n) is 6.70. The predicted octanol–water partition coefficient (Wildman–Crippen LogP) is 3.13. The lowest BCUT2D eigenvalue weighted by atomic mass is 10.0. The summed E-state index contributed by atoms with van der Waals surface area (Å²) in [6.07, 6.45) is -0.634. The fourth-order valence-corrected chi connectivity index (χ4v) is 2.74. The molecule has 1 atom stereocenters. The first-order chi connectivity index (χ1) is 13.4. The fraction of sp³-hybridized carbons (Fsp3) is 0.364. The molecular formula is C22H28N2O4. The molecule has 0 aliphatic heterocycles. The highest BCUT2D eigenvalue weighted by molar-refractivity contribution is 5.96. The number of carbonyl (C=O) groups is 2. The molecule has 6 nitrogen and oxygen atoms in total. The third kappa shape index (κ3) is 5.74. The second-order valence-corrected chi connectivity index (χ2v) is 6.70. The van der Waals surface area contributed by atoms with Crippen LogP contribution in [0.15, 0.2) is 48.5 Å². The minimum absolute atomic E-state index is 0.231. The summed E-state index contributed by atoms with van der Waals surface area (Å²) in [5, 5.41) is 5.54. The molecule has 1 unspecified atom stereocenters. The molecule has 28 heavy (non-hydrogen) atoms. The number of ether oxygens (including phenoxy) is 2. The van der Waals surface area contributed by atoms with Gasteiger partial charge in [-0.05, 0) is 36.6 Å². The van der Waals surface area contributed by atoms with Crippen LogP contribution in [0.3, 0.4) is 0 Å². The van der Waals surface area contributed by atoms with Crippen molar-refractivity contribution in [2.24, 2.45) is 0 Å². The normalized spacial score (nSPS) is 11.6.